The highest BCUT2D eigenvalue weighted by Gasteiger charge is 1.88. The van der Waals surface area contributed by atoms with Crippen LogP contribution in [0.5, 0.6) is 0 Å². The number of hydrogen-bond donors (Lipinski definition) is 1. The van der Waals surface area contributed by atoms with Gasteiger partial charge in [0.15, 0.2) is 0 Å². The van der Waals surface area contributed by atoms with E-state index in [4.69, 9.17) is 0 Å². The zero-order valence-electron chi connectivity index (χ0n) is 10.2. The van der Waals surface area contributed by atoms with Crippen molar-refractivity contribution in [3.05, 3.63) is 23.4 Å². The fourth-order valence-corrected chi connectivity index (χ4v) is 1.19. The van der Waals surface area contributed by atoms with Crippen molar-refractivity contribution in [1.82, 2.24) is 5.32 Å². The predicted octanol–water partition coefficient (Wildman–Crippen LogP) is 4.03. The molecule has 0 atom stereocenters. The molecule has 0 aromatic rings. The summed E-state index contributed by atoms with van der Waals surface area (Å²) >= 11 is 0. The Bertz CT molecular complexity index is 185. The molecule has 0 fully saturated rings. The summed E-state index contributed by atoms with van der Waals surface area (Å²) in [7, 11) is 0. The van der Waals surface area contributed by atoms with E-state index in [1.165, 1.54) is 37.0 Å². The number of rotatable bonds is 7. The van der Waals surface area contributed by atoms with Crippen molar-refractivity contribution in [2.24, 2.45) is 0 Å². The van der Waals surface area contributed by atoms with E-state index < -0.39 is 0 Å². The molecule has 14 heavy (non-hydrogen) atoms. The Kier molecular flexibility index (Phi) is 8.40. The molecule has 0 aromatic heterocycles. The van der Waals surface area contributed by atoms with Crippen LogP contribution < -0.4 is 5.32 Å². The van der Waals surface area contributed by atoms with Crippen molar-refractivity contribution in [3.8, 4) is 0 Å². The molecule has 82 valence electrons. The second-order valence-electron chi connectivity index (χ2n) is 4.08. The van der Waals surface area contributed by atoms with Crippen LogP contribution in [0.4, 0.5) is 0 Å². The molecule has 0 radical (unpaired) electrons. The first-order valence-electron chi connectivity index (χ1n) is 5.72. The standard InChI is InChI=1S/C13H25N/c1-5-6-7-8-11-14-13(4)10-9-12(2)3/h9-10,14H,5-8,11H2,1-4H3/b13-10+. The zero-order chi connectivity index (χ0) is 10.8. The molecule has 0 unspecified atom stereocenters. The molecule has 1 nitrogen and oxygen atoms in total. The Morgan fingerprint density at radius 2 is 1.71 bits per heavy atom. The van der Waals surface area contributed by atoms with Gasteiger partial charge >= 0.3 is 0 Å². The molecule has 0 aliphatic carbocycles. The van der Waals surface area contributed by atoms with Crippen molar-refractivity contribution in [3.63, 3.8) is 0 Å². The average molecular weight is 195 g/mol. The topological polar surface area (TPSA) is 12.0 Å². The number of unbranched alkanes of at least 4 members (excludes halogenated alkanes) is 3. The summed E-state index contributed by atoms with van der Waals surface area (Å²) in [5, 5.41) is 3.41. The highest BCUT2D eigenvalue weighted by atomic mass is 14.9. The van der Waals surface area contributed by atoms with Crippen molar-refractivity contribution in [1.29, 1.82) is 0 Å². The Morgan fingerprint density at radius 1 is 1.00 bits per heavy atom. The first-order valence-corrected chi connectivity index (χ1v) is 5.72. The van der Waals surface area contributed by atoms with E-state index in [0.29, 0.717) is 0 Å². The van der Waals surface area contributed by atoms with E-state index in [2.05, 4.69) is 45.2 Å². The van der Waals surface area contributed by atoms with Gasteiger partial charge in [0.1, 0.15) is 0 Å². The van der Waals surface area contributed by atoms with E-state index in [1.54, 1.807) is 0 Å². The van der Waals surface area contributed by atoms with E-state index in [1.807, 2.05) is 0 Å². The maximum absolute atomic E-state index is 3.41. The minimum atomic E-state index is 1.11. The molecule has 0 saturated carbocycles. The second-order valence-corrected chi connectivity index (χ2v) is 4.08. The van der Waals surface area contributed by atoms with Crippen LogP contribution >= 0.6 is 0 Å². The first-order chi connectivity index (χ1) is 6.66. The molecular weight excluding hydrogens is 170 g/mol. The summed E-state index contributed by atoms with van der Waals surface area (Å²) in [6.45, 7) is 9.71. The van der Waals surface area contributed by atoms with Crippen molar-refractivity contribution in [2.75, 3.05) is 6.54 Å². The minimum absolute atomic E-state index is 1.11. The molecule has 0 aliphatic rings. The third-order valence-corrected chi connectivity index (χ3v) is 2.10. The second kappa shape index (κ2) is 8.86. The molecule has 0 aliphatic heterocycles. The number of nitrogens with one attached hydrogen (secondary N) is 1. The van der Waals surface area contributed by atoms with Gasteiger partial charge in [-0.25, -0.2) is 0 Å². The lowest BCUT2D eigenvalue weighted by Gasteiger charge is -2.05. The van der Waals surface area contributed by atoms with E-state index in [9.17, 15) is 0 Å². The number of hydrogen-bond acceptors (Lipinski definition) is 1. The van der Waals surface area contributed by atoms with Gasteiger partial charge in [0.25, 0.3) is 0 Å². The van der Waals surface area contributed by atoms with Crippen LogP contribution in [0.2, 0.25) is 0 Å². The van der Waals surface area contributed by atoms with E-state index in [-0.39, 0.29) is 0 Å². The van der Waals surface area contributed by atoms with Crippen LogP contribution in [0.3, 0.4) is 0 Å². The number of allylic oxidation sites excluding steroid dienone is 4. The van der Waals surface area contributed by atoms with Crippen molar-refractivity contribution < 1.29 is 0 Å². The van der Waals surface area contributed by atoms with Crippen LogP contribution in [0.25, 0.3) is 0 Å². The van der Waals surface area contributed by atoms with Gasteiger partial charge in [-0.1, -0.05) is 37.8 Å². The molecule has 0 amide bonds. The third kappa shape index (κ3) is 9.37. The van der Waals surface area contributed by atoms with Gasteiger partial charge in [-0.15, -0.1) is 0 Å². The molecule has 0 aromatic carbocycles. The molecular formula is C13H25N. The first kappa shape index (κ1) is 13.3. The van der Waals surface area contributed by atoms with Gasteiger partial charge in [0, 0.05) is 12.2 Å². The molecule has 0 heterocycles. The van der Waals surface area contributed by atoms with Crippen LogP contribution in [-0.2, 0) is 0 Å². The maximum Gasteiger partial charge on any atom is 0.0143 e. The smallest absolute Gasteiger partial charge is 0.0143 e. The Labute approximate surface area is 89.3 Å². The lowest BCUT2D eigenvalue weighted by molar-refractivity contribution is 0.635. The average Bonchev–Trinajstić information content (AvgIpc) is 2.14. The van der Waals surface area contributed by atoms with Crippen LogP contribution in [0.1, 0.15) is 53.4 Å². The Morgan fingerprint density at radius 3 is 2.29 bits per heavy atom. The maximum atomic E-state index is 3.41. The summed E-state index contributed by atoms with van der Waals surface area (Å²) in [6, 6.07) is 0. The highest BCUT2D eigenvalue weighted by molar-refractivity contribution is 5.12. The van der Waals surface area contributed by atoms with Crippen LogP contribution in [0, 0.1) is 0 Å². The summed E-state index contributed by atoms with van der Waals surface area (Å²) < 4.78 is 0. The van der Waals surface area contributed by atoms with Gasteiger partial charge in [-0.3, -0.25) is 0 Å². The normalized spacial score (nSPS) is 11.3. The van der Waals surface area contributed by atoms with Gasteiger partial charge in [0.2, 0.25) is 0 Å². The summed E-state index contributed by atoms with van der Waals surface area (Å²) in [6.07, 6.45) is 9.60. The van der Waals surface area contributed by atoms with E-state index in [0.717, 1.165) is 6.54 Å². The molecule has 1 heteroatoms. The van der Waals surface area contributed by atoms with Crippen molar-refractivity contribution >= 4 is 0 Å². The molecule has 0 saturated heterocycles. The van der Waals surface area contributed by atoms with Crippen LogP contribution in [-0.4, -0.2) is 6.54 Å². The lowest BCUT2D eigenvalue weighted by atomic mass is 10.2. The minimum Gasteiger partial charge on any atom is -0.389 e. The van der Waals surface area contributed by atoms with Gasteiger partial charge in [-0.05, 0) is 33.3 Å². The third-order valence-electron chi connectivity index (χ3n) is 2.10. The van der Waals surface area contributed by atoms with Gasteiger partial charge in [-0.2, -0.15) is 0 Å². The zero-order valence-corrected chi connectivity index (χ0v) is 10.2. The Balaban J connectivity index is 3.48. The molecule has 0 spiro atoms. The molecule has 0 bridgehead atoms. The summed E-state index contributed by atoms with van der Waals surface area (Å²) in [5.74, 6) is 0. The fraction of sp³-hybridized carbons (Fsp3) is 0.692. The SMILES string of the molecule is CCCCCCN/C(C)=C/C=C(C)C. The largest absolute Gasteiger partial charge is 0.389 e. The molecule has 1 N–H and O–H groups in total. The lowest BCUT2D eigenvalue weighted by Crippen LogP contribution is -2.12. The fourth-order valence-electron chi connectivity index (χ4n) is 1.19. The highest BCUT2D eigenvalue weighted by Crippen LogP contribution is 1.98. The van der Waals surface area contributed by atoms with Gasteiger partial charge < -0.3 is 5.32 Å². The summed E-state index contributed by atoms with van der Waals surface area (Å²) in [5.41, 5.74) is 2.61. The summed E-state index contributed by atoms with van der Waals surface area (Å²) in [4.78, 5) is 0. The van der Waals surface area contributed by atoms with Gasteiger partial charge in [0.05, 0.1) is 0 Å². The monoisotopic (exact) mass is 195 g/mol. The predicted molar refractivity (Wildman–Crippen MR) is 65.3 cm³/mol. The van der Waals surface area contributed by atoms with Crippen LogP contribution in [0.15, 0.2) is 23.4 Å². The molecule has 0 rings (SSSR count). The van der Waals surface area contributed by atoms with Crippen molar-refractivity contribution in [2.45, 2.75) is 53.4 Å². The van der Waals surface area contributed by atoms with E-state index >= 15 is 0 Å². The quantitative estimate of drug-likeness (QED) is 0.478. The Hall–Kier alpha value is -0.720.